The summed E-state index contributed by atoms with van der Waals surface area (Å²) in [6.45, 7) is 2.46. The number of carbonyl (C=O) groups is 1. The van der Waals surface area contributed by atoms with Crippen molar-refractivity contribution in [2.45, 2.75) is 13.5 Å². The van der Waals surface area contributed by atoms with E-state index >= 15 is 0 Å². The Morgan fingerprint density at radius 2 is 1.88 bits per heavy atom. The molecule has 3 rings (SSSR count). The molecule has 4 nitrogen and oxygen atoms in total. The highest BCUT2D eigenvalue weighted by molar-refractivity contribution is 7.17. The Labute approximate surface area is 151 Å². The quantitative estimate of drug-likeness (QED) is 0.666. The van der Waals surface area contributed by atoms with Gasteiger partial charge in [0.05, 0.1) is 11.1 Å². The third-order valence-electron chi connectivity index (χ3n) is 3.56. The van der Waals surface area contributed by atoms with Gasteiger partial charge in [0.2, 0.25) is 5.78 Å². The second kappa shape index (κ2) is 8.06. The Hall–Kier alpha value is -2.21. The van der Waals surface area contributed by atoms with Crippen molar-refractivity contribution in [2.75, 3.05) is 5.32 Å². The van der Waals surface area contributed by atoms with Crippen molar-refractivity contribution >= 4 is 40.3 Å². The molecule has 6 heteroatoms. The molecule has 0 amide bonds. The fraction of sp³-hybridized carbons (Fsp3) is 0.111. The lowest BCUT2D eigenvalue weighted by molar-refractivity contribution is 0.104. The lowest BCUT2D eigenvalue weighted by Crippen LogP contribution is -2.00. The number of thiazole rings is 1. The summed E-state index contributed by atoms with van der Waals surface area (Å²) >= 11 is 1.35. The zero-order valence-corrected chi connectivity index (χ0v) is 14.8. The van der Waals surface area contributed by atoms with Crippen molar-refractivity contribution in [1.29, 1.82) is 0 Å². The summed E-state index contributed by atoms with van der Waals surface area (Å²) in [6.07, 6.45) is 1.62. The van der Waals surface area contributed by atoms with E-state index in [0.29, 0.717) is 16.6 Å². The van der Waals surface area contributed by atoms with E-state index in [1.54, 1.807) is 6.20 Å². The summed E-state index contributed by atoms with van der Waals surface area (Å²) in [6, 6.07) is 15.4. The highest BCUT2D eigenvalue weighted by Crippen LogP contribution is 2.25. The van der Waals surface area contributed by atoms with Crippen LogP contribution < -0.4 is 11.1 Å². The van der Waals surface area contributed by atoms with E-state index in [1.807, 2.05) is 55.5 Å². The molecule has 3 aromatic rings. The van der Waals surface area contributed by atoms with Gasteiger partial charge in [0.25, 0.3) is 0 Å². The van der Waals surface area contributed by atoms with Gasteiger partial charge in [-0.05, 0) is 30.2 Å². The minimum absolute atomic E-state index is 0. The molecule has 0 atom stereocenters. The first-order valence-electron chi connectivity index (χ1n) is 7.29. The van der Waals surface area contributed by atoms with E-state index in [9.17, 15) is 4.79 Å². The maximum atomic E-state index is 12.5. The van der Waals surface area contributed by atoms with Gasteiger partial charge in [-0.15, -0.1) is 12.4 Å². The fourth-order valence-corrected chi connectivity index (χ4v) is 3.04. The molecule has 0 unspecified atom stereocenters. The van der Waals surface area contributed by atoms with Crippen molar-refractivity contribution in [2.24, 2.45) is 5.73 Å². The van der Waals surface area contributed by atoms with Gasteiger partial charge >= 0.3 is 0 Å². The van der Waals surface area contributed by atoms with E-state index in [0.717, 1.165) is 22.4 Å². The molecule has 0 saturated carbocycles. The Kier molecular flexibility index (Phi) is 6.09. The Bertz CT molecular complexity index is 830. The second-order valence-electron chi connectivity index (χ2n) is 5.20. The third-order valence-corrected chi connectivity index (χ3v) is 4.47. The Morgan fingerprint density at radius 1 is 1.17 bits per heavy atom. The molecule has 24 heavy (non-hydrogen) atoms. The van der Waals surface area contributed by atoms with E-state index in [4.69, 9.17) is 5.73 Å². The van der Waals surface area contributed by atoms with Crippen molar-refractivity contribution in [3.05, 3.63) is 76.3 Å². The predicted octanol–water partition coefficient (Wildman–Crippen LogP) is 4.31. The van der Waals surface area contributed by atoms with Crippen molar-refractivity contribution in [3.63, 3.8) is 0 Å². The summed E-state index contributed by atoms with van der Waals surface area (Å²) in [5.74, 6) is 0.00660. The van der Waals surface area contributed by atoms with Crippen LogP contribution >= 0.6 is 23.7 Å². The number of halogens is 1. The molecular weight excluding hydrogens is 342 g/mol. The van der Waals surface area contributed by atoms with Crippen LogP contribution in [-0.4, -0.2) is 10.8 Å². The monoisotopic (exact) mass is 359 g/mol. The molecular formula is C18H18ClN3OS. The van der Waals surface area contributed by atoms with Gasteiger partial charge in [-0.3, -0.25) is 4.79 Å². The number of nitrogens with one attached hydrogen (secondary N) is 1. The molecule has 0 spiro atoms. The number of anilines is 2. The Morgan fingerprint density at radius 3 is 2.54 bits per heavy atom. The van der Waals surface area contributed by atoms with Crippen LogP contribution in [0.3, 0.4) is 0 Å². The van der Waals surface area contributed by atoms with Crippen LogP contribution in [0.1, 0.15) is 26.4 Å². The topological polar surface area (TPSA) is 68.0 Å². The lowest BCUT2D eigenvalue weighted by atomic mass is 10.0. The number of benzene rings is 2. The average Bonchev–Trinajstić information content (AvgIpc) is 3.04. The number of nitrogens with zero attached hydrogens (tertiary/aromatic N) is 1. The standard InChI is InChI=1S/C18H17N3OS.ClH/c1-12-4-2-3-5-15(12)17(22)16-11-20-18(23-16)21-14-8-6-13(10-19)7-9-14;/h2-9,11H,10,19H2,1H3,(H,20,21);1H. The van der Waals surface area contributed by atoms with E-state index in [2.05, 4.69) is 10.3 Å². The average molecular weight is 360 g/mol. The number of hydrogen-bond donors (Lipinski definition) is 2. The smallest absolute Gasteiger partial charge is 0.204 e. The number of aromatic nitrogens is 1. The van der Waals surface area contributed by atoms with Crippen LogP contribution in [0.15, 0.2) is 54.7 Å². The van der Waals surface area contributed by atoms with Gasteiger partial charge in [-0.2, -0.15) is 0 Å². The summed E-state index contributed by atoms with van der Waals surface area (Å²) in [7, 11) is 0. The first-order valence-corrected chi connectivity index (χ1v) is 8.11. The highest BCUT2D eigenvalue weighted by Gasteiger charge is 2.14. The first kappa shape index (κ1) is 18.1. The van der Waals surface area contributed by atoms with Crippen LogP contribution in [0.25, 0.3) is 0 Å². The van der Waals surface area contributed by atoms with Crippen LogP contribution in [0, 0.1) is 6.92 Å². The van der Waals surface area contributed by atoms with Gasteiger partial charge in [-0.25, -0.2) is 4.98 Å². The van der Waals surface area contributed by atoms with E-state index in [1.165, 1.54) is 11.3 Å². The summed E-state index contributed by atoms with van der Waals surface area (Å²) in [5, 5.41) is 3.91. The number of carbonyl (C=O) groups excluding carboxylic acids is 1. The molecule has 3 N–H and O–H groups in total. The molecule has 2 aromatic carbocycles. The number of nitrogens with two attached hydrogens (primary N) is 1. The summed E-state index contributed by atoms with van der Waals surface area (Å²) in [5.41, 5.74) is 9.27. The Balaban J connectivity index is 0.00000208. The minimum atomic E-state index is 0. The summed E-state index contributed by atoms with van der Waals surface area (Å²) in [4.78, 5) is 17.5. The maximum absolute atomic E-state index is 12.5. The highest BCUT2D eigenvalue weighted by atomic mass is 35.5. The van der Waals surface area contributed by atoms with Crippen molar-refractivity contribution < 1.29 is 4.79 Å². The van der Waals surface area contributed by atoms with Gasteiger partial charge in [0.15, 0.2) is 5.13 Å². The third kappa shape index (κ3) is 4.00. The maximum Gasteiger partial charge on any atom is 0.204 e. The van der Waals surface area contributed by atoms with E-state index in [-0.39, 0.29) is 18.2 Å². The fourth-order valence-electron chi connectivity index (χ4n) is 2.24. The first-order chi connectivity index (χ1) is 11.2. The van der Waals surface area contributed by atoms with E-state index < -0.39 is 0 Å². The van der Waals surface area contributed by atoms with Crippen LogP contribution in [-0.2, 0) is 6.54 Å². The zero-order chi connectivity index (χ0) is 16.2. The number of ketones is 1. The molecule has 1 aromatic heterocycles. The molecule has 0 saturated heterocycles. The molecule has 0 aliphatic heterocycles. The van der Waals surface area contributed by atoms with Gasteiger partial charge in [0, 0.05) is 17.8 Å². The van der Waals surface area contributed by atoms with Crippen LogP contribution in [0.2, 0.25) is 0 Å². The van der Waals surface area contributed by atoms with Gasteiger partial charge in [-0.1, -0.05) is 47.7 Å². The van der Waals surface area contributed by atoms with Gasteiger partial charge < -0.3 is 11.1 Å². The second-order valence-corrected chi connectivity index (χ2v) is 6.23. The van der Waals surface area contributed by atoms with Crippen LogP contribution in [0.4, 0.5) is 10.8 Å². The molecule has 1 heterocycles. The SMILES string of the molecule is Cc1ccccc1C(=O)c1cnc(Nc2ccc(CN)cc2)s1.Cl. The lowest BCUT2D eigenvalue weighted by Gasteiger charge is -2.03. The number of rotatable bonds is 5. The summed E-state index contributed by atoms with van der Waals surface area (Å²) < 4.78 is 0. The normalized spacial score (nSPS) is 10.1. The van der Waals surface area contributed by atoms with Crippen molar-refractivity contribution in [1.82, 2.24) is 4.98 Å². The predicted molar refractivity (Wildman–Crippen MR) is 102 cm³/mol. The molecule has 124 valence electrons. The number of hydrogen-bond acceptors (Lipinski definition) is 5. The molecule has 0 aliphatic carbocycles. The molecule has 0 bridgehead atoms. The molecule has 0 aliphatic rings. The van der Waals surface area contributed by atoms with Crippen molar-refractivity contribution in [3.8, 4) is 0 Å². The molecule has 0 fully saturated rings. The zero-order valence-electron chi connectivity index (χ0n) is 13.2. The largest absolute Gasteiger partial charge is 0.332 e. The molecule has 0 radical (unpaired) electrons. The minimum Gasteiger partial charge on any atom is -0.332 e. The van der Waals surface area contributed by atoms with Gasteiger partial charge in [0.1, 0.15) is 0 Å². The number of aryl methyl sites for hydroxylation is 1. The van der Waals surface area contributed by atoms with Crippen LogP contribution in [0.5, 0.6) is 0 Å².